The SMILES string of the molecule is Cc1ccc(-c2csc(SCC(=O)N3CCN(c4ncccn4)CC3)n2)cc1. The van der Waals surface area contributed by atoms with Crippen molar-refractivity contribution in [2.45, 2.75) is 11.3 Å². The molecule has 0 unspecified atom stereocenters. The van der Waals surface area contributed by atoms with Crippen molar-refractivity contribution < 1.29 is 4.79 Å². The van der Waals surface area contributed by atoms with Crippen LogP contribution in [-0.2, 0) is 4.79 Å². The Balaban J connectivity index is 1.28. The first-order valence-corrected chi connectivity index (χ1v) is 11.0. The number of hydrogen-bond donors (Lipinski definition) is 0. The van der Waals surface area contributed by atoms with E-state index >= 15 is 0 Å². The van der Waals surface area contributed by atoms with Crippen molar-refractivity contribution in [3.05, 3.63) is 53.7 Å². The van der Waals surface area contributed by atoms with Crippen LogP contribution in [0.5, 0.6) is 0 Å². The minimum absolute atomic E-state index is 0.158. The number of hydrogen-bond acceptors (Lipinski definition) is 7. The lowest BCUT2D eigenvalue weighted by atomic mass is 10.1. The lowest BCUT2D eigenvalue weighted by Gasteiger charge is -2.34. The highest BCUT2D eigenvalue weighted by Crippen LogP contribution is 2.28. The molecule has 0 spiro atoms. The lowest BCUT2D eigenvalue weighted by Crippen LogP contribution is -2.49. The quantitative estimate of drug-likeness (QED) is 0.600. The zero-order valence-corrected chi connectivity index (χ0v) is 17.2. The molecule has 6 nitrogen and oxygen atoms in total. The molecule has 0 aliphatic carbocycles. The van der Waals surface area contributed by atoms with Crippen molar-refractivity contribution in [3.8, 4) is 11.3 Å². The molecule has 8 heteroatoms. The Morgan fingerprint density at radius 1 is 1.11 bits per heavy atom. The maximum absolute atomic E-state index is 12.6. The molecule has 0 bridgehead atoms. The van der Waals surface area contributed by atoms with E-state index in [1.54, 1.807) is 23.7 Å². The fourth-order valence-electron chi connectivity index (χ4n) is 3.01. The third kappa shape index (κ3) is 4.51. The molecule has 1 aliphatic rings. The molecule has 0 atom stereocenters. The smallest absolute Gasteiger partial charge is 0.233 e. The Morgan fingerprint density at radius 3 is 2.54 bits per heavy atom. The highest BCUT2D eigenvalue weighted by molar-refractivity contribution is 8.01. The molecule has 1 aromatic carbocycles. The van der Waals surface area contributed by atoms with Gasteiger partial charge in [0, 0.05) is 49.5 Å². The zero-order valence-electron chi connectivity index (χ0n) is 15.6. The Kier molecular flexibility index (Phi) is 5.87. The van der Waals surface area contributed by atoms with E-state index in [4.69, 9.17) is 0 Å². The maximum Gasteiger partial charge on any atom is 0.233 e. The molecule has 1 saturated heterocycles. The van der Waals surface area contributed by atoms with Crippen LogP contribution >= 0.6 is 23.1 Å². The van der Waals surface area contributed by atoms with Gasteiger partial charge in [0.05, 0.1) is 11.4 Å². The first kappa shape index (κ1) is 18.9. The summed E-state index contributed by atoms with van der Waals surface area (Å²) in [5.74, 6) is 1.31. The molecule has 28 heavy (non-hydrogen) atoms. The fourth-order valence-corrected chi connectivity index (χ4v) is 4.74. The summed E-state index contributed by atoms with van der Waals surface area (Å²) in [6.07, 6.45) is 3.49. The van der Waals surface area contributed by atoms with E-state index in [9.17, 15) is 4.79 Å². The summed E-state index contributed by atoms with van der Waals surface area (Å²) in [4.78, 5) is 29.8. The molecular weight excluding hydrogens is 390 g/mol. The summed E-state index contributed by atoms with van der Waals surface area (Å²) >= 11 is 3.11. The molecule has 144 valence electrons. The monoisotopic (exact) mass is 411 g/mol. The van der Waals surface area contributed by atoms with Gasteiger partial charge in [-0.1, -0.05) is 41.6 Å². The predicted molar refractivity (Wildman–Crippen MR) is 114 cm³/mol. The third-order valence-corrected chi connectivity index (χ3v) is 6.62. The van der Waals surface area contributed by atoms with Crippen molar-refractivity contribution in [2.24, 2.45) is 0 Å². The van der Waals surface area contributed by atoms with Crippen LogP contribution in [0.3, 0.4) is 0 Å². The number of rotatable bonds is 5. The minimum atomic E-state index is 0.158. The molecule has 0 radical (unpaired) electrons. The van der Waals surface area contributed by atoms with Crippen LogP contribution in [0.4, 0.5) is 5.95 Å². The fraction of sp³-hybridized carbons (Fsp3) is 0.300. The third-order valence-electron chi connectivity index (χ3n) is 4.62. The maximum atomic E-state index is 12.6. The summed E-state index contributed by atoms with van der Waals surface area (Å²) in [5.41, 5.74) is 3.31. The highest BCUT2D eigenvalue weighted by Gasteiger charge is 2.22. The van der Waals surface area contributed by atoms with E-state index in [2.05, 4.69) is 56.4 Å². The van der Waals surface area contributed by atoms with Gasteiger partial charge in [0.2, 0.25) is 11.9 Å². The Hall–Kier alpha value is -2.45. The van der Waals surface area contributed by atoms with Gasteiger partial charge in [-0.05, 0) is 13.0 Å². The number of carbonyl (C=O) groups is 1. The molecule has 1 fully saturated rings. The molecular formula is C20H21N5OS2. The zero-order chi connectivity index (χ0) is 19.3. The van der Waals surface area contributed by atoms with E-state index in [0.717, 1.165) is 34.6 Å². The number of piperazine rings is 1. The standard InChI is InChI=1S/C20H21N5OS2/c1-15-3-5-16(6-4-15)17-13-27-20(23-17)28-14-18(26)24-9-11-25(12-10-24)19-21-7-2-8-22-19/h2-8,13H,9-12,14H2,1H3. The van der Waals surface area contributed by atoms with Gasteiger partial charge >= 0.3 is 0 Å². The number of anilines is 1. The highest BCUT2D eigenvalue weighted by atomic mass is 32.2. The number of aromatic nitrogens is 3. The van der Waals surface area contributed by atoms with Gasteiger partial charge in [-0.3, -0.25) is 4.79 Å². The van der Waals surface area contributed by atoms with Gasteiger partial charge in [-0.2, -0.15) is 0 Å². The second-order valence-electron chi connectivity index (χ2n) is 6.57. The van der Waals surface area contributed by atoms with Crippen LogP contribution in [0.25, 0.3) is 11.3 Å². The van der Waals surface area contributed by atoms with Gasteiger partial charge in [-0.25, -0.2) is 15.0 Å². The number of aryl methyl sites for hydroxylation is 1. The first-order chi connectivity index (χ1) is 13.7. The summed E-state index contributed by atoms with van der Waals surface area (Å²) in [5, 5.41) is 2.05. The van der Waals surface area contributed by atoms with Gasteiger partial charge in [0.1, 0.15) is 0 Å². The van der Waals surface area contributed by atoms with E-state index in [1.807, 2.05) is 11.0 Å². The van der Waals surface area contributed by atoms with Gasteiger partial charge in [0.15, 0.2) is 4.34 Å². The van der Waals surface area contributed by atoms with Gasteiger partial charge in [-0.15, -0.1) is 11.3 Å². The number of thiazole rings is 1. The first-order valence-electron chi connectivity index (χ1n) is 9.14. The lowest BCUT2D eigenvalue weighted by molar-refractivity contribution is -0.128. The summed E-state index contributed by atoms with van der Waals surface area (Å²) in [6.45, 7) is 4.99. The van der Waals surface area contributed by atoms with Crippen LogP contribution < -0.4 is 4.90 Å². The number of benzene rings is 1. The second-order valence-corrected chi connectivity index (χ2v) is 8.65. The minimum Gasteiger partial charge on any atom is -0.338 e. The summed E-state index contributed by atoms with van der Waals surface area (Å²) in [6, 6.07) is 10.2. The molecule has 3 aromatic rings. The van der Waals surface area contributed by atoms with Crippen LogP contribution in [0.2, 0.25) is 0 Å². The van der Waals surface area contributed by atoms with E-state index in [1.165, 1.54) is 17.3 Å². The number of amides is 1. The Bertz CT molecular complexity index is 921. The van der Waals surface area contributed by atoms with Crippen molar-refractivity contribution in [3.63, 3.8) is 0 Å². The largest absolute Gasteiger partial charge is 0.338 e. The van der Waals surface area contributed by atoms with Crippen LogP contribution in [-0.4, -0.2) is 57.7 Å². The van der Waals surface area contributed by atoms with E-state index in [-0.39, 0.29) is 5.91 Å². The Labute approximate surface area is 172 Å². The molecule has 3 heterocycles. The van der Waals surface area contributed by atoms with Crippen molar-refractivity contribution in [2.75, 3.05) is 36.8 Å². The van der Waals surface area contributed by atoms with Crippen LogP contribution in [0.15, 0.2) is 52.4 Å². The van der Waals surface area contributed by atoms with Crippen molar-refractivity contribution in [1.82, 2.24) is 19.9 Å². The average molecular weight is 412 g/mol. The normalized spacial score (nSPS) is 14.3. The molecule has 1 aliphatic heterocycles. The second kappa shape index (κ2) is 8.70. The molecule has 0 saturated carbocycles. The van der Waals surface area contributed by atoms with Crippen molar-refractivity contribution in [1.29, 1.82) is 0 Å². The van der Waals surface area contributed by atoms with E-state index in [0.29, 0.717) is 18.8 Å². The average Bonchev–Trinajstić information content (AvgIpc) is 3.22. The van der Waals surface area contributed by atoms with Crippen molar-refractivity contribution >= 4 is 35.0 Å². The Morgan fingerprint density at radius 2 is 1.82 bits per heavy atom. The number of carbonyl (C=O) groups excluding carboxylic acids is 1. The van der Waals surface area contributed by atoms with E-state index < -0.39 is 0 Å². The molecule has 1 amide bonds. The molecule has 2 aromatic heterocycles. The number of thioether (sulfide) groups is 1. The topological polar surface area (TPSA) is 62.2 Å². The molecule has 4 rings (SSSR count). The van der Waals surface area contributed by atoms with Gasteiger partial charge in [0.25, 0.3) is 0 Å². The predicted octanol–water partition coefficient (Wildman–Crippen LogP) is 3.35. The van der Waals surface area contributed by atoms with Gasteiger partial charge < -0.3 is 9.80 Å². The summed E-state index contributed by atoms with van der Waals surface area (Å²) in [7, 11) is 0. The van der Waals surface area contributed by atoms with Crippen LogP contribution in [0, 0.1) is 6.92 Å². The van der Waals surface area contributed by atoms with Crippen LogP contribution in [0.1, 0.15) is 5.56 Å². The molecule has 0 N–H and O–H groups in total. The summed E-state index contributed by atoms with van der Waals surface area (Å²) < 4.78 is 0.931. The number of nitrogens with zero attached hydrogens (tertiary/aromatic N) is 5.